The van der Waals surface area contributed by atoms with Crippen molar-refractivity contribution in [2.45, 2.75) is 18.9 Å². The highest BCUT2D eigenvalue weighted by molar-refractivity contribution is 4.89. The Balaban J connectivity index is 1.84. The summed E-state index contributed by atoms with van der Waals surface area (Å²) in [5.74, 6) is 0.852. The van der Waals surface area contributed by atoms with Gasteiger partial charge in [-0.2, -0.15) is 0 Å². The number of piperidine rings is 1. The predicted octanol–water partition coefficient (Wildman–Crippen LogP) is -0.337. The molecule has 2 aliphatic rings. The SMILES string of the molecule is OCCN1CCC2NCCC2C1. The van der Waals surface area contributed by atoms with Gasteiger partial charge in [0.25, 0.3) is 0 Å². The van der Waals surface area contributed by atoms with Crippen LogP contribution in [0, 0.1) is 5.92 Å². The smallest absolute Gasteiger partial charge is 0.0558 e. The summed E-state index contributed by atoms with van der Waals surface area (Å²) in [6.45, 7) is 4.73. The molecule has 2 N–H and O–H groups in total. The number of hydrogen-bond donors (Lipinski definition) is 2. The molecule has 0 spiro atoms. The third-order valence-electron chi connectivity index (χ3n) is 3.16. The van der Waals surface area contributed by atoms with Gasteiger partial charge < -0.3 is 15.3 Å². The summed E-state index contributed by atoms with van der Waals surface area (Å²) in [5.41, 5.74) is 0. The molecule has 12 heavy (non-hydrogen) atoms. The molecular weight excluding hydrogens is 152 g/mol. The maximum absolute atomic E-state index is 8.80. The van der Waals surface area contributed by atoms with E-state index in [0.717, 1.165) is 25.0 Å². The second kappa shape index (κ2) is 3.73. The second-order valence-electron chi connectivity index (χ2n) is 3.92. The van der Waals surface area contributed by atoms with Crippen molar-refractivity contribution in [3.8, 4) is 0 Å². The molecular formula is C9H18N2O. The summed E-state index contributed by atoms with van der Waals surface area (Å²) >= 11 is 0. The Kier molecular flexibility index (Phi) is 2.63. The number of nitrogens with one attached hydrogen (secondary N) is 1. The van der Waals surface area contributed by atoms with E-state index in [-0.39, 0.29) is 0 Å². The molecule has 3 heteroatoms. The summed E-state index contributed by atoms with van der Waals surface area (Å²) in [6, 6.07) is 0.778. The van der Waals surface area contributed by atoms with Crippen molar-refractivity contribution in [2.24, 2.45) is 5.92 Å². The molecule has 70 valence electrons. The monoisotopic (exact) mass is 170 g/mol. The van der Waals surface area contributed by atoms with Crippen LogP contribution in [-0.2, 0) is 0 Å². The van der Waals surface area contributed by atoms with Crippen LogP contribution in [0.2, 0.25) is 0 Å². The van der Waals surface area contributed by atoms with Gasteiger partial charge in [0, 0.05) is 19.1 Å². The van der Waals surface area contributed by atoms with E-state index in [9.17, 15) is 0 Å². The minimum atomic E-state index is 0.310. The molecule has 0 amide bonds. The van der Waals surface area contributed by atoms with Crippen molar-refractivity contribution >= 4 is 0 Å². The maximum atomic E-state index is 8.80. The quantitative estimate of drug-likeness (QED) is 0.595. The molecule has 2 aliphatic heterocycles. The molecule has 2 heterocycles. The lowest BCUT2D eigenvalue weighted by Gasteiger charge is -2.34. The Bertz CT molecular complexity index is 151. The van der Waals surface area contributed by atoms with Crippen molar-refractivity contribution in [3.05, 3.63) is 0 Å². The van der Waals surface area contributed by atoms with Crippen LogP contribution in [0.4, 0.5) is 0 Å². The minimum Gasteiger partial charge on any atom is -0.395 e. The lowest BCUT2D eigenvalue weighted by atomic mass is 9.93. The van der Waals surface area contributed by atoms with E-state index in [4.69, 9.17) is 5.11 Å². The Hall–Kier alpha value is -0.120. The number of aliphatic hydroxyl groups is 1. The van der Waals surface area contributed by atoms with Crippen LogP contribution in [0.15, 0.2) is 0 Å². The summed E-state index contributed by atoms with van der Waals surface area (Å²) < 4.78 is 0. The van der Waals surface area contributed by atoms with E-state index < -0.39 is 0 Å². The van der Waals surface area contributed by atoms with Crippen LogP contribution >= 0.6 is 0 Å². The average Bonchev–Trinajstić information content (AvgIpc) is 2.51. The largest absolute Gasteiger partial charge is 0.395 e. The first-order valence-corrected chi connectivity index (χ1v) is 4.97. The molecule has 2 fully saturated rings. The highest BCUT2D eigenvalue weighted by Crippen LogP contribution is 2.23. The van der Waals surface area contributed by atoms with Gasteiger partial charge in [-0.15, -0.1) is 0 Å². The molecule has 3 nitrogen and oxygen atoms in total. The first-order chi connectivity index (χ1) is 5.90. The number of aliphatic hydroxyl groups excluding tert-OH is 1. The summed E-state index contributed by atoms with van der Waals surface area (Å²) in [7, 11) is 0. The zero-order valence-electron chi connectivity index (χ0n) is 7.50. The zero-order chi connectivity index (χ0) is 8.39. The molecule has 2 rings (SSSR count). The molecule has 0 aliphatic carbocycles. The van der Waals surface area contributed by atoms with Crippen molar-refractivity contribution in [1.82, 2.24) is 10.2 Å². The van der Waals surface area contributed by atoms with Gasteiger partial charge in [-0.3, -0.25) is 0 Å². The van der Waals surface area contributed by atoms with Crippen molar-refractivity contribution in [1.29, 1.82) is 0 Å². The minimum absolute atomic E-state index is 0.310. The predicted molar refractivity (Wildman–Crippen MR) is 48.0 cm³/mol. The van der Waals surface area contributed by atoms with Crippen molar-refractivity contribution in [3.63, 3.8) is 0 Å². The fourth-order valence-corrected chi connectivity index (χ4v) is 2.47. The van der Waals surface area contributed by atoms with Crippen LogP contribution in [0.3, 0.4) is 0 Å². The third kappa shape index (κ3) is 1.63. The van der Waals surface area contributed by atoms with Crippen LogP contribution in [-0.4, -0.2) is 48.8 Å². The van der Waals surface area contributed by atoms with E-state index in [2.05, 4.69) is 10.2 Å². The zero-order valence-corrected chi connectivity index (χ0v) is 7.50. The molecule has 0 aromatic carbocycles. The highest BCUT2D eigenvalue weighted by atomic mass is 16.3. The average molecular weight is 170 g/mol. The van der Waals surface area contributed by atoms with E-state index in [1.807, 2.05) is 0 Å². The normalized spacial score (nSPS) is 36.8. The molecule has 0 aromatic rings. The van der Waals surface area contributed by atoms with Crippen LogP contribution in [0.5, 0.6) is 0 Å². The van der Waals surface area contributed by atoms with Gasteiger partial charge in [0.15, 0.2) is 0 Å². The van der Waals surface area contributed by atoms with Gasteiger partial charge in [-0.1, -0.05) is 0 Å². The van der Waals surface area contributed by atoms with Gasteiger partial charge in [-0.05, 0) is 31.8 Å². The van der Waals surface area contributed by atoms with Crippen LogP contribution < -0.4 is 5.32 Å². The maximum Gasteiger partial charge on any atom is 0.0558 e. The molecule has 2 unspecified atom stereocenters. The number of nitrogens with zero attached hydrogens (tertiary/aromatic N) is 1. The summed E-state index contributed by atoms with van der Waals surface area (Å²) in [5, 5.41) is 12.3. The van der Waals surface area contributed by atoms with Crippen LogP contribution in [0.25, 0.3) is 0 Å². The molecule has 0 bridgehead atoms. The summed E-state index contributed by atoms with van der Waals surface area (Å²) in [6.07, 6.45) is 2.59. The molecule has 2 saturated heterocycles. The van der Waals surface area contributed by atoms with E-state index in [0.29, 0.717) is 6.61 Å². The fourth-order valence-electron chi connectivity index (χ4n) is 2.47. The van der Waals surface area contributed by atoms with Gasteiger partial charge in [-0.25, -0.2) is 0 Å². The van der Waals surface area contributed by atoms with Gasteiger partial charge in [0.2, 0.25) is 0 Å². The van der Waals surface area contributed by atoms with E-state index in [1.54, 1.807) is 0 Å². The topological polar surface area (TPSA) is 35.5 Å². The lowest BCUT2D eigenvalue weighted by molar-refractivity contribution is 0.132. The second-order valence-corrected chi connectivity index (χ2v) is 3.92. The van der Waals surface area contributed by atoms with Crippen LogP contribution in [0.1, 0.15) is 12.8 Å². The van der Waals surface area contributed by atoms with Crippen molar-refractivity contribution in [2.75, 3.05) is 32.8 Å². The Morgan fingerprint density at radius 2 is 2.33 bits per heavy atom. The molecule has 0 saturated carbocycles. The summed E-state index contributed by atoms with van der Waals surface area (Å²) in [4.78, 5) is 2.38. The third-order valence-corrected chi connectivity index (χ3v) is 3.16. The first kappa shape index (κ1) is 8.48. The lowest BCUT2D eigenvalue weighted by Crippen LogP contribution is -2.45. The molecule has 0 aromatic heterocycles. The molecule has 0 radical (unpaired) electrons. The van der Waals surface area contributed by atoms with E-state index >= 15 is 0 Å². The number of hydrogen-bond acceptors (Lipinski definition) is 3. The number of rotatable bonds is 2. The van der Waals surface area contributed by atoms with Crippen molar-refractivity contribution < 1.29 is 5.11 Å². The number of fused-ring (bicyclic) bond motifs is 1. The number of likely N-dealkylation sites (tertiary alicyclic amines) is 1. The Labute approximate surface area is 73.8 Å². The Morgan fingerprint density at radius 1 is 1.42 bits per heavy atom. The van der Waals surface area contributed by atoms with Gasteiger partial charge in [0.1, 0.15) is 0 Å². The highest BCUT2D eigenvalue weighted by Gasteiger charge is 2.31. The Morgan fingerprint density at radius 3 is 3.17 bits per heavy atom. The number of β-amino-alcohol motifs (C(OH)–C–C–N with tert-alkyl or cyclic N) is 1. The standard InChI is InChI=1S/C9H18N2O/c12-6-5-11-4-2-9-8(7-11)1-3-10-9/h8-10,12H,1-7H2. The first-order valence-electron chi connectivity index (χ1n) is 4.97. The molecule has 2 atom stereocenters. The van der Waals surface area contributed by atoms with Gasteiger partial charge >= 0.3 is 0 Å². The van der Waals surface area contributed by atoms with E-state index in [1.165, 1.54) is 25.9 Å². The fraction of sp³-hybridized carbons (Fsp3) is 1.00. The van der Waals surface area contributed by atoms with Gasteiger partial charge in [0.05, 0.1) is 6.61 Å².